The molecule has 2 aromatic rings. The van der Waals surface area contributed by atoms with Gasteiger partial charge in [-0.05, 0) is 25.1 Å². The number of aromatic hydroxyl groups is 1. The second-order valence-electron chi connectivity index (χ2n) is 8.29. The molecule has 0 spiro atoms. The standard InChI is InChI=1S/C26H15NO6/c1-13(28)25-18-10-4-2-3-5-11-19(30)26(25,33-25)16-12-17(29)20-21(22(16)27-18)24(32)15-9-7-6-8-14(15)23(20)31/h2-3,6-9,12,18-19,27,29-30H,1H3/b3-2-/t18-,19+,25-,26-/m0/s1. The molecule has 160 valence electrons. The van der Waals surface area contributed by atoms with Gasteiger partial charge in [-0.1, -0.05) is 47.9 Å². The van der Waals surface area contributed by atoms with E-state index in [1.165, 1.54) is 31.2 Å². The summed E-state index contributed by atoms with van der Waals surface area (Å²) >= 11 is 0. The van der Waals surface area contributed by atoms with Crippen LogP contribution in [0.15, 0.2) is 42.5 Å². The molecule has 0 aromatic heterocycles. The summed E-state index contributed by atoms with van der Waals surface area (Å²) in [6.07, 6.45) is 1.49. The maximum Gasteiger partial charge on any atom is 0.198 e. The molecule has 0 amide bonds. The predicted octanol–water partition coefficient (Wildman–Crippen LogP) is 1.45. The second kappa shape index (κ2) is 6.20. The van der Waals surface area contributed by atoms with Crippen LogP contribution in [0.1, 0.15) is 44.3 Å². The lowest BCUT2D eigenvalue weighted by Gasteiger charge is -2.35. The Balaban J connectivity index is 1.70. The number of carbonyl (C=O) groups excluding carboxylic acids is 3. The molecule has 4 atom stereocenters. The molecule has 2 aliphatic carbocycles. The normalized spacial score (nSPS) is 30.5. The van der Waals surface area contributed by atoms with E-state index in [1.54, 1.807) is 18.2 Å². The van der Waals surface area contributed by atoms with Crippen molar-refractivity contribution in [3.05, 3.63) is 70.3 Å². The summed E-state index contributed by atoms with van der Waals surface area (Å²) in [6, 6.07) is 6.70. The minimum absolute atomic E-state index is 0.0414. The second-order valence-corrected chi connectivity index (χ2v) is 8.29. The van der Waals surface area contributed by atoms with Crippen molar-refractivity contribution in [1.82, 2.24) is 0 Å². The Morgan fingerprint density at radius 2 is 1.70 bits per heavy atom. The number of anilines is 1. The first-order chi connectivity index (χ1) is 15.8. The van der Waals surface area contributed by atoms with Gasteiger partial charge in [0.15, 0.2) is 34.7 Å². The molecule has 2 aromatic carbocycles. The first-order valence-electron chi connectivity index (χ1n) is 10.3. The zero-order valence-electron chi connectivity index (χ0n) is 17.2. The molecule has 2 bridgehead atoms. The molecule has 7 heteroatoms. The minimum atomic E-state index is -1.66. The molecule has 1 saturated heterocycles. The van der Waals surface area contributed by atoms with Crippen LogP contribution in [0.25, 0.3) is 0 Å². The van der Waals surface area contributed by atoms with Crippen LogP contribution in [0.4, 0.5) is 5.69 Å². The van der Waals surface area contributed by atoms with Crippen LogP contribution in [0.3, 0.4) is 0 Å². The van der Waals surface area contributed by atoms with Crippen LogP contribution in [0, 0.1) is 23.7 Å². The molecule has 33 heavy (non-hydrogen) atoms. The summed E-state index contributed by atoms with van der Waals surface area (Å²) in [4.78, 5) is 39.6. The summed E-state index contributed by atoms with van der Waals surface area (Å²) in [7, 11) is 0. The van der Waals surface area contributed by atoms with E-state index in [9.17, 15) is 24.6 Å². The summed E-state index contributed by atoms with van der Waals surface area (Å²) in [5.41, 5.74) is -2.66. The number of ether oxygens (including phenoxy) is 1. The molecule has 6 rings (SSSR count). The summed E-state index contributed by atoms with van der Waals surface area (Å²) in [5, 5.41) is 25.1. The lowest BCUT2D eigenvalue weighted by atomic mass is 9.70. The van der Waals surface area contributed by atoms with Gasteiger partial charge in [0, 0.05) is 16.7 Å². The van der Waals surface area contributed by atoms with Gasteiger partial charge in [0.05, 0.1) is 16.8 Å². The van der Waals surface area contributed by atoms with Gasteiger partial charge in [0.1, 0.15) is 11.8 Å². The predicted molar refractivity (Wildman–Crippen MR) is 116 cm³/mol. The van der Waals surface area contributed by atoms with Crippen molar-refractivity contribution in [2.75, 3.05) is 5.32 Å². The highest BCUT2D eigenvalue weighted by Crippen LogP contribution is 2.66. The molecular weight excluding hydrogens is 422 g/mol. The van der Waals surface area contributed by atoms with E-state index in [-0.39, 0.29) is 33.5 Å². The Bertz CT molecular complexity index is 1500. The summed E-state index contributed by atoms with van der Waals surface area (Å²) in [5.74, 6) is 9.26. The first-order valence-corrected chi connectivity index (χ1v) is 10.3. The van der Waals surface area contributed by atoms with E-state index in [1.807, 2.05) is 0 Å². The molecule has 4 aliphatic rings. The number of Topliss-reactive ketones (excluding diaryl/α,β-unsaturated/α-hetero) is 1. The highest BCUT2D eigenvalue weighted by molar-refractivity contribution is 6.31. The molecule has 2 aliphatic heterocycles. The number of epoxide rings is 1. The van der Waals surface area contributed by atoms with Gasteiger partial charge in [-0.25, -0.2) is 0 Å². The van der Waals surface area contributed by atoms with Gasteiger partial charge in [-0.2, -0.15) is 0 Å². The van der Waals surface area contributed by atoms with Crippen molar-refractivity contribution in [3.8, 4) is 29.4 Å². The zero-order chi connectivity index (χ0) is 23.1. The molecular formula is C26H15NO6. The van der Waals surface area contributed by atoms with Gasteiger partial charge in [0.25, 0.3) is 0 Å². The Kier molecular flexibility index (Phi) is 3.67. The molecule has 3 N–H and O–H groups in total. The fourth-order valence-electron chi connectivity index (χ4n) is 5.24. The summed E-state index contributed by atoms with van der Waals surface area (Å²) in [6.45, 7) is 1.33. The highest BCUT2D eigenvalue weighted by atomic mass is 16.7. The third kappa shape index (κ3) is 2.15. The van der Waals surface area contributed by atoms with Gasteiger partial charge < -0.3 is 20.3 Å². The van der Waals surface area contributed by atoms with Crippen LogP contribution in [0.5, 0.6) is 5.75 Å². The highest BCUT2D eigenvalue weighted by Gasteiger charge is 2.83. The first kappa shape index (κ1) is 19.5. The largest absolute Gasteiger partial charge is 0.507 e. The number of hydrogen-bond donors (Lipinski definition) is 3. The van der Waals surface area contributed by atoms with E-state index < -0.39 is 46.4 Å². The SMILES string of the molecule is CC(=O)[C@@]12O[C@]13c1cc(O)c4c(c1N[C@H]2C#C/C=C\C#C[C@H]3O)C(=O)c1ccccc1C4=O. The van der Waals surface area contributed by atoms with Gasteiger partial charge in [0.2, 0.25) is 0 Å². The van der Waals surface area contributed by atoms with Crippen molar-refractivity contribution >= 4 is 23.0 Å². The van der Waals surface area contributed by atoms with E-state index >= 15 is 0 Å². The number of hydrogen-bond acceptors (Lipinski definition) is 7. The zero-order valence-corrected chi connectivity index (χ0v) is 17.2. The third-order valence-electron chi connectivity index (χ3n) is 6.71. The molecule has 7 nitrogen and oxygen atoms in total. The molecule has 2 heterocycles. The topological polar surface area (TPSA) is 116 Å². The number of carbonyl (C=O) groups is 3. The van der Waals surface area contributed by atoms with Crippen LogP contribution in [0.2, 0.25) is 0 Å². The van der Waals surface area contributed by atoms with Gasteiger partial charge >= 0.3 is 0 Å². The fraction of sp³-hybridized carbons (Fsp3) is 0.192. The maximum absolute atomic E-state index is 13.5. The number of aliphatic hydroxyl groups excluding tert-OH is 1. The molecule has 0 unspecified atom stereocenters. The number of phenols is 1. The van der Waals surface area contributed by atoms with E-state index in [0.717, 1.165) is 0 Å². The van der Waals surface area contributed by atoms with E-state index in [0.29, 0.717) is 0 Å². The average molecular weight is 437 g/mol. The Hall–Kier alpha value is -4.17. The minimum Gasteiger partial charge on any atom is -0.507 e. The molecule has 1 fully saturated rings. The average Bonchev–Trinajstić information content (AvgIpc) is 3.53. The number of phenolic OH excluding ortho intramolecular Hbond substituents is 1. The number of nitrogens with one attached hydrogen (secondary N) is 1. The van der Waals surface area contributed by atoms with Crippen molar-refractivity contribution in [1.29, 1.82) is 0 Å². The number of fused-ring (bicyclic) bond motifs is 4. The van der Waals surface area contributed by atoms with Crippen LogP contribution < -0.4 is 5.32 Å². The van der Waals surface area contributed by atoms with Gasteiger partial charge in [-0.15, -0.1) is 0 Å². The Morgan fingerprint density at radius 1 is 1.06 bits per heavy atom. The monoisotopic (exact) mass is 437 g/mol. The van der Waals surface area contributed by atoms with Gasteiger partial charge in [-0.3, -0.25) is 14.4 Å². The van der Waals surface area contributed by atoms with Crippen molar-refractivity contribution in [3.63, 3.8) is 0 Å². The third-order valence-corrected chi connectivity index (χ3v) is 6.71. The van der Waals surface area contributed by atoms with Crippen molar-refractivity contribution in [2.24, 2.45) is 0 Å². The number of rotatable bonds is 1. The maximum atomic E-state index is 13.5. The number of aliphatic hydroxyl groups is 1. The quantitative estimate of drug-likeness (QED) is 0.300. The lowest BCUT2D eigenvalue weighted by molar-refractivity contribution is -0.122. The van der Waals surface area contributed by atoms with Crippen LogP contribution >= 0.6 is 0 Å². The number of benzene rings is 2. The van der Waals surface area contributed by atoms with Crippen molar-refractivity contribution < 1.29 is 29.3 Å². The summed E-state index contributed by atoms with van der Waals surface area (Å²) < 4.78 is 6.02. The van der Waals surface area contributed by atoms with Crippen LogP contribution in [-0.2, 0) is 15.1 Å². The Morgan fingerprint density at radius 3 is 2.36 bits per heavy atom. The smallest absolute Gasteiger partial charge is 0.198 e. The Labute approximate surface area is 188 Å². The number of allylic oxidation sites excluding steroid dienone is 2. The van der Waals surface area contributed by atoms with E-state index in [2.05, 4.69) is 29.0 Å². The van der Waals surface area contributed by atoms with E-state index in [4.69, 9.17) is 4.74 Å². The lowest BCUT2D eigenvalue weighted by Crippen LogP contribution is -2.53. The molecule has 0 saturated carbocycles. The molecule has 0 radical (unpaired) electrons. The fourth-order valence-corrected chi connectivity index (χ4v) is 5.24. The van der Waals surface area contributed by atoms with Crippen LogP contribution in [-0.4, -0.2) is 45.3 Å². The van der Waals surface area contributed by atoms with Crippen molar-refractivity contribution in [2.45, 2.75) is 30.3 Å². The number of ketones is 3.